The minimum atomic E-state index is -1.05. The van der Waals surface area contributed by atoms with E-state index in [0.29, 0.717) is 36.1 Å². The first-order valence-electron chi connectivity index (χ1n) is 6.62. The van der Waals surface area contributed by atoms with Crippen molar-refractivity contribution in [3.05, 3.63) is 53.4 Å². The minimum Gasteiger partial charge on any atom is -0.491 e. The van der Waals surface area contributed by atoms with Gasteiger partial charge in [-0.2, -0.15) is 0 Å². The van der Waals surface area contributed by atoms with E-state index in [1.54, 1.807) is 18.2 Å². The van der Waals surface area contributed by atoms with E-state index >= 15 is 0 Å². The normalized spacial score (nSPS) is 16.6. The Morgan fingerprint density at radius 1 is 1.41 bits per heavy atom. The Labute approximate surface area is 124 Å². The van der Waals surface area contributed by atoms with Crippen LogP contribution in [0.15, 0.2) is 30.5 Å². The average molecular weight is 306 g/mol. The highest BCUT2D eigenvalue weighted by atomic mass is 19.1. The number of hydrogen-bond acceptors (Lipinski definition) is 4. The first-order valence-corrected chi connectivity index (χ1v) is 6.62. The SMILES string of the molecule is O=C(Nc1cccc2c1OCC[C@@H]2O)c1ncc(F)cc1F. The summed E-state index contributed by atoms with van der Waals surface area (Å²) >= 11 is 0. The molecule has 22 heavy (non-hydrogen) atoms. The van der Waals surface area contributed by atoms with Crippen LogP contribution in [0.3, 0.4) is 0 Å². The molecule has 1 aromatic heterocycles. The summed E-state index contributed by atoms with van der Waals surface area (Å²) in [5.41, 5.74) is 0.332. The number of fused-ring (bicyclic) bond motifs is 1. The third-order valence-corrected chi connectivity index (χ3v) is 3.31. The standard InChI is InChI=1S/C15H12F2N2O3/c16-8-6-10(17)13(18-7-8)15(21)19-11-3-1-2-9-12(20)4-5-22-14(9)11/h1-3,6-7,12,20H,4-5H2,(H,19,21)/t12-/m0/s1. The van der Waals surface area contributed by atoms with Crippen LogP contribution in [0.4, 0.5) is 14.5 Å². The van der Waals surface area contributed by atoms with Crippen molar-refractivity contribution in [1.29, 1.82) is 0 Å². The smallest absolute Gasteiger partial charge is 0.277 e. The zero-order valence-electron chi connectivity index (χ0n) is 11.3. The number of aromatic nitrogens is 1. The molecule has 0 bridgehead atoms. The second-order valence-corrected chi connectivity index (χ2v) is 4.81. The number of halogens is 2. The van der Waals surface area contributed by atoms with Gasteiger partial charge in [0.05, 0.1) is 24.6 Å². The molecule has 0 saturated heterocycles. The molecule has 1 aromatic carbocycles. The van der Waals surface area contributed by atoms with Gasteiger partial charge >= 0.3 is 0 Å². The van der Waals surface area contributed by atoms with Gasteiger partial charge in [-0.25, -0.2) is 13.8 Å². The van der Waals surface area contributed by atoms with Crippen molar-refractivity contribution in [2.24, 2.45) is 0 Å². The molecular formula is C15H12F2N2O3. The maximum absolute atomic E-state index is 13.6. The lowest BCUT2D eigenvalue weighted by molar-refractivity contribution is 0.101. The van der Waals surface area contributed by atoms with Gasteiger partial charge in [0, 0.05) is 18.1 Å². The van der Waals surface area contributed by atoms with Gasteiger partial charge in [0.2, 0.25) is 0 Å². The van der Waals surface area contributed by atoms with Crippen LogP contribution < -0.4 is 10.1 Å². The Morgan fingerprint density at radius 2 is 2.23 bits per heavy atom. The molecule has 0 unspecified atom stereocenters. The molecule has 1 aliphatic heterocycles. The van der Waals surface area contributed by atoms with Crippen LogP contribution >= 0.6 is 0 Å². The third-order valence-electron chi connectivity index (χ3n) is 3.31. The first-order chi connectivity index (χ1) is 10.6. The summed E-state index contributed by atoms with van der Waals surface area (Å²) in [4.78, 5) is 15.5. The topological polar surface area (TPSA) is 71.5 Å². The summed E-state index contributed by atoms with van der Waals surface area (Å²) in [5.74, 6) is -2.40. The van der Waals surface area contributed by atoms with E-state index in [4.69, 9.17) is 4.74 Å². The Kier molecular flexibility index (Phi) is 3.72. The van der Waals surface area contributed by atoms with Crippen molar-refractivity contribution in [1.82, 2.24) is 4.98 Å². The lowest BCUT2D eigenvalue weighted by Gasteiger charge is -2.24. The Balaban J connectivity index is 1.90. The second kappa shape index (κ2) is 5.69. The molecule has 1 amide bonds. The summed E-state index contributed by atoms with van der Waals surface area (Å²) in [5, 5.41) is 12.4. The number of carbonyl (C=O) groups excluding carboxylic acids is 1. The van der Waals surface area contributed by atoms with E-state index < -0.39 is 29.3 Å². The van der Waals surface area contributed by atoms with Gasteiger partial charge in [-0.3, -0.25) is 4.79 Å². The van der Waals surface area contributed by atoms with Crippen molar-refractivity contribution in [3.8, 4) is 5.75 Å². The van der Waals surface area contributed by atoms with E-state index in [-0.39, 0.29) is 0 Å². The molecule has 2 aromatic rings. The monoisotopic (exact) mass is 306 g/mol. The van der Waals surface area contributed by atoms with Crippen molar-refractivity contribution in [3.63, 3.8) is 0 Å². The van der Waals surface area contributed by atoms with E-state index in [2.05, 4.69) is 10.3 Å². The van der Waals surface area contributed by atoms with Crippen LogP contribution in [-0.2, 0) is 0 Å². The van der Waals surface area contributed by atoms with Crippen molar-refractivity contribution in [2.45, 2.75) is 12.5 Å². The maximum atomic E-state index is 13.6. The van der Waals surface area contributed by atoms with Crippen LogP contribution in [0.5, 0.6) is 5.75 Å². The van der Waals surface area contributed by atoms with Crippen LogP contribution in [0.25, 0.3) is 0 Å². The lowest BCUT2D eigenvalue weighted by Crippen LogP contribution is -2.19. The number of amides is 1. The summed E-state index contributed by atoms with van der Waals surface area (Å²) in [6.45, 7) is 0.310. The van der Waals surface area contributed by atoms with E-state index in [1.807, 2.05) is 0 Å². The quantitative estimate of drug-likeness (QED) is 0.894. The number of aliphatic hydroxyl groups is 1. The van der Waals surface area contributed by atoms with Crippen molar-refractivity contribution < 1.29 is 23.4 Å². The number of pyridine rings is 1. The molecule has 0 aliphatic carbocycles. The van der Waals surface area contributed by atoms with E-state index in [0.717, 1.165) is 6.20 Å². The van der Waals surface area contributed by atoms with Crippen molar-refractivity contribution in [2.75, 3.05) is 11.9 Å². The van der Waals surface area contributed by atoms with Crippen LogP contribution in [0, 0.1) is 11.6 Å². The lowest BCUT2D eigenvalue weighted by atomic mass is 10.0. The highest BCUT2D eigenvalue weighted by Crippen LogP contribution is 2.37. The van der Waals surface area contributed by atoms with Crippen LogP contribution in [0.1, 0.15) is 28.6 Å². The molecule has 7 heteroatoms. The number of nitrogens with zero attached hydrogens (tertiary/aromatic N) is 1. The second-order valence-electron chi connectivity index (χ2n) is 4.81. The molecular weight excluding hydrogens is 294 g/mol. The fourth-order valence-electron chi connectivity index (χ4n) is 2.27. The molecule has 5 nitrogen and oxygen atoms in total. The molecule has 0 radical (unpaired) electrons. The molecule has 0 spiro atoms. The number of aliphatic hydroxyl groups excluding tert-OH is 1. The highest BCUT2D eigenvalue weighted by molar-refractivity contribution is 6.04. The average Bonchev–Trinajstić information content (AvgIpc) is 2.48. The van der Waals surface area contributed by atoms with Crippen LogP contribution in [-0.4, -0.2) is 22.6 Å². The number of ether oxygens (including phenoxy) is 1. The number of hydrogen-bond donors (Lipinski definition) is 2. The summed E-state index contributed by atoms with van der Waals surface area (Å²) in [6.07, 6.45) is 0.540. The largest absolute Gasteiger partial charge is 0.491 e. The predicted octanol–water partition coefficient (Wildman–Crippen LogP) is 2.43. The Bertz CT molecular complexity index is 737. The fourth-order valence-corrected chi connectivity index (χ4v) is 2.27. The molecule has 1 aliphatic rings. The third kappa shape index (κ3) is 2.62. The summed E-state index contributed by atoms with van der Waals surface area (Å²) < 4.78 is 31.9. The van der Waals surface area contributed by atoms with Gasteiger partial charge < -0.3 is 15.2 Å². The number of benzene rings is 1. The molecule has 0 fully saturated rings. The van der Waals surface area contributed by atoms with Gasteiger partial charge in [-0.1, -0.05) is 12.1 Å². The number of para-hydroxylation sites is 1. The Hall–Kier alpha value is -2.54. The highest BCUT2D eigenvalue weighted by Gasteiger charge is 2.23. The van der Waals surface area contributed by atoms with E-state index in [1.165, 1.54) is 0 Å². The number of carbonyl (C=O) groups is 1. The number of rotatable bonds is 2. The predicted molar refractivity (Wildman–Crippen MR) is 73.6 cm³/mol. The molecule has 1 atom stereocenters. The molecule has 2 heterocycles. The van der Waals surface area contributed by atoms with Gasteiger partial charge in [0.25, 0.3) is 5.91 Å². The number of anilines is 1. The minimum absolute atomic E-state index is 0.298. The van der Waals surface area contributed by atoms with E-state index in [9.17, 15) is 18.7 Å². The fraction of sp³-hybridized carbons (Fsp3) is 0.200. The van der Waals surface area contributed by atoms with Gasteiger partial charge in [0.15, 0.2) is 11.5 Å². The molecule has 0 saturated carbocycles. The zero-order valence-corrected chi connectivity index (χ0v) is 11.3. The Morgan fingerprint density at radius 3 is 3.00 bits per heavy atom. The zero-order chi connectivity index (χ0) is 15.7. The van der Waals surface area contributed by atoms with Gasteiger partial charge in [0.1, 0.15) is 11.6 Å². The summed E-state index contributed by atoms with van der Waals surface area (Å²) in [7, 11) is 0. The molecule has 2 N–H and O–H groups in total. The first kappa shape index (κ1) is 14.4. The molecule has 3 rings (SSSR count). The van der Waals surface area contributed by atoms with Crippen molar-refractivity contribution >= 4 is 11.6 Å². The van der Waals surface area contributed by atoms with Crippen LogP contribution in [0.2, 0.25) is 0 Å². The maximum Gasteiger partial charge on any atom is 0.277 e. The number of nitrogens with one attached hydrogen (secondary N) is 1. The summed E-state index contributed by atoms with van der Waals surface area (Å²) in [6, 6.07) is 5.48. The van der Waals surface area contributed by atoms with Gasteiger partial charge in [-0.15, -0.1) is 0 Å². The molecule has 114 valence electrons. The van der Waals surface area contributed by atoms with Gasteiger partial charge in [-0.05, 0) is 6.07 Å².